The Hall–Kier alpha value is 0.390. The van der Waals surface area contributed by atoms with Crippen LogP contribution in [0.15, 0.2) is 0 Å². The number of carboxylic acid groups (broad SMARTS) is 1. The van der Waals surface area contributed by atoms with E-state index in [1.165, 1.54) is 7.11 Å². The molecule has 0 aliphatic heterocycles. The van der Waals surface area contributed by atoms with E-state index >= 15 is 0 Å². The summed E-state index contributed by atoms with van der Waals surface area (Å²) in [5.41, 5.74) is -2.86. The molecule has 0 bridgehead atoms. The highest BCUT2D eigenvalue weighted by Gasteiger charge is 2.13. The maximum atomic E-state index is 9.95. The molecule has 60 valence electrons. The predicted octanol–water partition coefficient (Wildman–Crippen LogP) is 0.667. The zero-order valence-electron chi connectivity index (χ0n) is 5.18. The van der Waals surface area contributed by atoms with Crippen molar-refractivity contribution in [2.75, 3.05) is 12.9 Å². The fraction of sp³-hybridized carbons (Fsp3) is 0.667. The maximum Gasteiger partial charge on any atom is 0.314 e. The van der Waals surface area contributed by atoms with Crippen LogP contribution < -0.4 is 0 Å². The second-order valence-electron chi connectivity index (χ2n) is 1.32. The second-order valence-corrected chi connectivity index (χ2v) is 7.61. The van der Waals surface area contributed by atoms with Crippen LogP contribution in [0.2, 0.25) is 0 Å². The highest BCUT2D eigenvalue weighted by molar-refractivity contribution is 8.67. The topological polar surface area (TPSA) is 66.8 Å². The van der Waals surface area contributed by atoms with Crippen LogP contribution in [0.25, 0.3) is 0 Å². The van der Waals surface area contributed by atoms with Crippen LogP contribution in [0, 0.1) is 0 Å². The summed E-state index contributed by atoms with van der Waals surface area (Å²) in [5, 5.41) is 8.16. The Labute approximate surface area is 67.5 Å². The van der Waals surface area contributed by atoms with Gasteiger partial charge in [-0.25, -0.2) is 0 Å². The van der Waals surface area contributed by atoms with Crippen LogP contribution in [-0.4, -0.2) is 28.8 Å². The van der Waals surface area contributed by atoms with Gasteiger partial charge < -0.3 is 14.5 Å². The predicted molar refractivity (Wildman–Crippen MR) is 43.6 cm³/mol. The molecule has 0 rings (SSSR count). The van der Waals surface area contributed by atoms with Gasteiger partial charge in [-0.15, -0.1) is 0 Å². The third kappa shape index (κ3) is 5.20. The van der Waals surface area contributed by atoms with Gasteiger partial charge in [-0.2, -0.15) is 0 Å². The zero-order chi connectivity index (χ0) is 8.20. The molecule has 0 amide bonds. The summed E-state index contributed by atoms with van der Waals surface area (Å²) in [4.78, 5) is 18.9. The van der Waals surface area contributed by atoms with Gasteiger partial charge >= 0.3 is 5.97 Å². The molecule has 0 saturated heterocycles. The van der Waals surface area contributed by atoms with Crippen LogP contribution in [0.3, 0.4) is 0 Å². The lowest BCUT2D eigenvalue weighted by atomic mass is 10.8. The van der Waals surface area contributed by atoms with Crippen LogP contribution >= 0.6 is 17.1 Å². The minimum atomic E-state index is -2.86. The van der Waals surface area contributed by atoms with E-state index in [2.05, 4.69) is 16.3 Å². The Kier molecular flexibility index (Phi) is 4.47. The Morgan fingerprint density at radius 1 is 1.90 bits per heavy atom. The van der Waals surface area contributed by atoms with Crippen LogP contribution in [0.4, 0.5) is 0 Å². The molecule has 1 atom stereocenters. The Morgan fingerprint density at radius 2 is 2.40 bits per heavy atom. The molecule has 2 N–H and O–H groups in total. The van der Waals surface area contributed by atoms with Gasteiger partial charge in [-0.3, -0.25) is 4.79 Å². The van der Waals surface area contributed by atoms with Crippen molar-refractivity contribution in [1.82, 2.24) is 0 Å². The summed E-state index contributed by atoms with van der Waals surface area (Å²) in [7, 11) is 1.26. The molecular formula is C3H7O4PS2. The largest absolute Gasteiger partial charge is 0.481 e. The molecule has 10 heavy (non-hydrogen) atoms. The smallest absolute Gasteiger partial charge is 0.314 e. The van der Waals surface area contributed by atoms with Gasteiger partial charge in [0.25, 0.3) is 0 Å². The molecule has 7 heteroatoms. The van der Waals surface area contributed by atoms with Crippen molar-refractivity contribution in [3.05, 3.63) is 0 Å². The summed E-state index contributed by atoms with van der Waals surface area (Å²) in [6.07, 6.45) is 0. The number of carbonyl (C=O) groups is 1. The lowest BCUT2D eigenvalue weighted by molar-refractivity contribution is -0.133. The number of hydrogen-bond acceptors (Lipinski definition) is 4. The third-order valence-electron chi connectivity index (χ3n) is 0.582. The summed E-state index contributed by atoms with van der Waals surface area (Å²) in [5.74, 6) is -1.23. The van der Waals surface area contributed by atoms with E-state index in [1.807, 2.05) is 0 Å². The molecule has 0 aromatic heterocycles. The summed E-state index contributed by atoms with van der Waals surface area (Å²) < 4.78 is 4.47. The number of carboxylic acids is 1. The Balaban J connectivity index is 3.68. The molecule has 0 aliphatic rings. The highest BCUT2D eigenvalue weighted by Crippen LogP contribution is 2.54. The van der Waals surface area contributed by atoms with E-state index < -0.39 is 11.7 Å². The molecule has 0 spiro atoms. The van der Waals surface area contributed by atoms with Crippen molar-refractivity contribution < 1.29 is 19.3 Å². The minimum Gasteiger partial charge on any atom is -0.481 e. The third-order valence-corrected chi connectivity index (χ3v) is 4.95. The molecule has 0 aromatic carbocycles. The van der Waals surface area contributed by atoms with E-state index in [-0.39, 0.29) is 5.75 Å². The molecule has 0 saturated carbocycles. The fourth-order valence-corrected chi connectivity index (χ4v) is 2.18. The van der Waals surface area contributed by atoms with Gasteiger partial charge in [0.15, 0.2) is 0 Å². The molecule has 0 aliphatic carbocycles. The summed E-state index contributed by atoms with van der Waals surface area (Å²) in [6, 6.07) is 0. The lowest BCUT2D eigenvalue weighted by Crippen LogP contribution is -1.97. The average Bonchev–Trinajstić information content (AvgIpc) is 1.85. The molecule has 0 radical (unpaired) electrons. The van der Waals surface area contributed by atoms with Gasteiger partial charge in [0.05, 0.1) is 0 Å². The zero-order valence-corrected chi connectivity index (χ0v) is 7.71. The van der Waals surface area contributed by atoms with E-state index in [1.54, 1.807) is 0 Å². The molecule has 0 fully saturated rings. The molecule has 4 nitrogen and oxygen atoms in total. The highest BCUT2D eigenvalue weighted by atomic mass is 32.9. The quantitative estimate of drug-likeness (QED) is 0.653. The van der Waals surface area contributed by atoms with Crippen molar-refractivity contribution in [2.45, 2.75) is 0 Å². The van der Waals surface area contributed by atoms with E-state index in [9.17, 15) is 4.79 Å². The Morgan fingerprint density at radius 3 is 2.70 bits per heavy atom. The maximum absolute atomic E-state index is 9.95. The minimum absolute atomic E-state index is 0.221. The van der Waals surface area contributed by atoms with Crippen molar-refractivity contribution in [3.8, 4) is 0 Å². The van der Waals surface area contributed by atoms with Crippen LogP contribution in [0.5, 0.6) is 0 Å². The van der Waals surface area contributed by atoms with Gasteiger partial charge in [0.1, 0.15) is 5.75 Å². The van der Waals surface area contributed by atoms with Crippen molar-refractivity contribution in [3.63, 3.8) is 0 Å². The molecule has 0 heterocycles. The normalized spacial score (nSPS) is 16.2. The van der Waals surface area contributed by atoms with Crippen molar-refractivity contribution in [2.24, 2.45) is 0 Å². The fourth-order valence-electron chi connectivity index (χ4n) is 0.189. The first-order valence-electron chi connectivity index (χ1n) is 2.23. The number of hydrogen-bond donors (Lipinski definition) is 2. The first kappa shape index (κ1) is 10.4. The standard InChI is InChI=1S/C3H7O4PS2/c1-7-8(6,9)10-2-3(4)5/h2H2,1H3,(H,4,5)(H,6,9). The van der Waals surface area contributed by atoms with E-state index in [4.69, 9.17) is 10.00 Å². The average molecular weight is 202 g/mol. The van der Waals surface area contributed by atoms with Crippen molar-refractivity contribution >= 4 is 34.9 Å². The van der Waals surface area contributed by atoms with Gasteiger partial charge in [-0.1, -0.05) is 11.4 Å². The number of rotatable bonds is 4. The summed E-state index contributed by atoms with van der Waals surface area (Å²) in [6.45, 7) is 0. The van der Waals surface area contributed by atoms with Crippen LogP contribution in [0.1, 0.15) is 0 Å². The first-order chi connectivity index (χ1) is 4.48. The van der Waals surface area contributed by atoms with Crippen molar-refractivity contribution in [1.29, 1.82) is 0 Å². The molecule has 1 unspecified atom stereocenters. The number of aliphatic carboxylic acids is 1. The Bertz CT molecular complexity index is 170. The van der Waals surface area contributed by atoms with Gasteiger partial charge in [0.2, 0.25) is 5.69 Å². The van der Waals surface area contributed by atoms with Gasteiger partial charge in [-0.05, 0) is 11.8 Å². The van der Waals surface area contributed by atoms with Gasteiger partial charge in [0, 0.05) is 7.11 Å². The lowest BCUT2D eigenvalue weighted by Gasteiger charge is -2.08. The van der Waals surface area contributed by atoms with E-state index in [0.29, 0.717) is 0 Å². The summed E-state index contributed by atoms with van der Waals surface area (Å²) >= 11 is 5.25. The first-order valence-corrected chi connectivity index (χ1v) is 6.49. The molecule has 0 aromatic rings. The van der Waals surface area contributed by atoms with E-state index in [0.717, 1.165) is 11.4 Å². The molecular weight excluding hydrogens is 195 g/mol. The van der Waals surface area contributed by atoms with Crippen LogP contribution in [-0.2, 0) is 21.1 Å². The monoisotopic (exact) mass is 202 g/mol. The SMILES string of the molecule is COP(O)(=S)SCC(=O)O. The second kappa shape index (κ2) is 4.31.